The quantitative estimate of drug-likeness (QED) is 0.859. The van der Waals surface area contributed by atoms with Gasteiger partial charge in [0.2, 0.25) is 0 Å². The molecule has 8 heteroatoms. The summed E-state index contributed by atoms with van der Waals surface area (Å²) in [5.74, 6) is 0. The molecule has 1 aromatic carbocycles. The number of carbonyl (C=O) groups excluding carboxylic acids is 3. The molecule has 0 saturated carbocycles. The van der Waals surface area contributed by atoms with Crippen LogP contribution in [0.25, 0.3) is 10.9 Å². The zero-order chi connectivity index (χ0) is 18.6. The maximum Gasteiger partial charge on any atom is 0.435 e. The van der Waals surface area contributed by atoms with Gasteiger partial charge < -0.3 is 14.8 Å². The highest BCUT2D eigenvalue weighted by Crippen LogP contribution is 2.23. The van der Waals surface area contributed by atoms with Crippen molar-refractivity contribution in [2.24, 2.45) is 0 Å². The van der Waals surface area contributed by atoms with E-state index in [9.17, 15) is 14.4 Å². The molecule has 0 atom stereocenters. The number of benzene rings is 1. The predicted molar refractivity (Wildman–Crippen MR) is 93.8 cm³/mol. The molecule has 0 bridgehead atoms. The van der Waals surface area contributed by atoms with Gasteiger partial charge in [-0.1, -0.05) is 0 Å². The number of rotatable bonds is 4. The molecule has 1 N–H and O–H groups in total. The van der Waals surface area contributed by atoms with Gasteiger partial charge in [-0.3, -0.25) is 4.90 Å². The number of hydrogen-bond donors (Lipinski definition) is 1. The maximum absolute atomic E-state index is 12.2. The van der Waals surface area contributed by atoms with E-state index < -0.39 is 11.7 Å². The number of aromatic nitrogens is 2. The summed E-state index contributed by atoms with van der Waals surface area (Å²) in [6.07, 6.45) is 1.95. The highest BCUT2D eigenvalue weighted by molar-refractivity contribution is 5.96. The third-order valence-corrected chi connectivity index (χ3v) is 3.36. The van der Waals surface area contributed by atoms with Crippen molar-refractivity contribution in [2.75, 3.05) is 18.5 Å². The van der Waals surface area contributed by atoms with Crippen molar-refractivity contribution in [3.05, 3.63) is 24.4 Å². The molecule has 2 rings (SSSR count). The SMILES string of the molecule is CNC(=O)N(CCC=O)c1ccc2c(cnn2C(=O)OC(C)(C)C)c1. The van der Waals surface area contributed by atoms with Crippen LogP contribution in [0, 0.1) is 0 Å². The van der Waals surface area contributed by atoms with Crippen LogP contribution in [0.15, 0.2) is 24.4 Å². The standard InChI is InChI=1S/C17H22N4O4/c1-17(2,3)25-16(24)21-14-7-6-13(10-12(14)11-19-21)20(8-5-9-22)15(23)18-4/h6-7,9-11H,5,8H2,1-4H3,(H,18,23). The van der Waals surface area contributed by atoms with Gasteiger partial charge >= 0.3 is 12.1 Å². The normalized spacial score (nSPS) is 11.2. The second-order valence-electron chi connectivity index (χ2n) is 6.44. The minimum atomic E-state index is -0.625. The number of nitrogens with one attached hydrogen (secondary N) is 1. The third kappa shape index (κ3) is 4.34. The fourth-order valence-corrected chi connectivity index (χ4v) is 2.30. The van der Waals surface area contributed by atoms with E-state index in [1.807, 2.05) is 0 Å². The zero-order valence-electron chi connectivity index (χ0n) is 14.8. The summed E-state index contributed by atoms with van der Waals surface area (Å²) >= 11 is 0. The average Bonchev–Trinajstić information content (AvgIpc) is 2.96. The molecule has 1 aromatic heterocycles. The van der Waals surface area contributed by atoms with Crippen LogP contribution < -0.4 is 10.2 Å². The lowest BCUT2D eigenvalue weighted by Crippen LogP contribution is -2.38. The minimum absolute atomic E-state index is 0.225. The molecule has 0 spiro atoms. The first-order valence-electron chi connectivity index (χ1n) is 7.91. The van der Waals surface area contributed by atoms with E-state index in [-0.39, 0.29) is 19.0 Å². The lowest BCUT2D eigenvalue weighted by molar-refractivity contribution is -0.107. The van der Waals surface area contributed by atoms with Gasteiger partial charge in [0.15, 0.2) is 0 Å². The van der Waals surface area contributed by atoms with Crippen LogP contribution >= 0.6 is 0 Å². The smallest absolute Gasteiger partial charge is 0.435 e. The van der Waals surface area contributed by atoms with Crippen LogP contribution in [0.4, 0.5) is 15.3 Å². The fraction of sp³-hybridized carbons (Fsp3) is 0.412. The van der Waals surface area contributed by atoms with E-state index in [1.165, 1.54) is 22.8 Å². The number of amides is 2. The van der Waals surface area contributed by atoms with E-state index in [0.717, 1.165) is 6.29 Å². The maximum atomic E-state index is 12.2. The Kier molecular flexibility index (Phi) is 5.41. The molecule has 2 amide bonds. The van der Waals surface area contributed by atoms with Crippen LogP contribution in [0.1, 0.15) is 27.2 Å². The number of fused-ring (bicyclic) bond motifs is 1. The first-order valence-corrected chi connectivity index (χ1v) is 7.91. The zero-order valence-corrected chi connectivity index (χ0v) is 14.8. The van der Waals surface area contributed by atoms with Crippen molar-refractivity contribution in [3.63, 3.8) is 0 Å². The number of urea groups is 1. The highest BCUT2D eigenvalue weighted by atomic mass is 16.6. The molecule has 2 aromatic rings. The summed E-state index contributed by atoms with van der Waals surface area (Å²) < 4.78 is 6.51. The van der Waals surface area contributed by atoms with E-state index in [2.05, 4.69) is 10.4 Å². The van der Waals surface area contributed by atoms with E-state index in [0.29, 0.717) is 16.6 Å². The molecule has 0 saturated heterocycles. The second kappa shape index (κ2) is 7.33. The molecular weight excluding hydrogens is 324 g/mol. The molecule has 25 heavy (non-hydrogen) atoms. The van der Waals surface area contributed by atoms with Gasteiger partial charge in [-0.25, -0.2) is 9.59 Å². The van der Waals surface area contributed by atoms with Crippen LogP contribution in [0.2, 0.25) is 0 Å². The summed E-state index contributed by atoms with van der Waals surface area (Å²) in [6, 6.07) is 4.81. The molecule has 8 nitrogen and oxygen atoms in total. The number of carbonyl (C=O) groups is 3. The molecule has 0 fully saturated rings. The molecule has 0 unspecified atom stereocenters. The van der Waals surface area contributed by atoms with Gasteiger partial charge in [-0.2, -0.15) is 9.78 Å². The number of aldehydes is 1. The minimum Gasteiger partial charge on any atom is -0.442 e. The Labute approximate surface area is 145 Å². The van der Waals surface area contributed by atoms with Gasteiger partial charge in [0.05, 0.1) is 11.7 Å². The summed E-state index contributed by atoms with van der Waals surface area (Å²) in [7, 11) is 1.52. The average molecular weight is 346 g/mol. The van der Waals surface area contributed by atoms with Crippen molar-refractivity contribution in [1.29, 1.82) is 0 Å². The summed E-state index contributed by atoms with van der Waals surface area (Å²) in [5.41, 5.74) is 0.558. The van der Waals surface area contributed by atoms with Crippen molar-refractivity contribution in [2.45, 2.75) is 32.8 Å². The van der Waals surface area contributed by atoms with Crippen LogP contribution in [0.5, 0.6) is 0 Å². The number of anilines is 1. The Bertz CT molecular complexity index is 792. The van der Waals surface area contributed by atoms with Gasteiger partial charge in [0, 0.05) is 31.1 Å². The van der Waals surface area contributed by atoms with E-state index in [1.54, 1.807) is 39.0 Å². The molecule has 1 heterocycles. The van der Waals surface area contributed by atoms with E-state index >= 15 is 0 Å². The summed E-state index contributed by atoms with van der Waals surface area (Å²) in [4.78, 5) is 36.3. The Morgan fingerprint density at radius 2 is 2.08 bits per heavy atom. The van der Waals surface area contributed by atoms with Crippen LogP contribution in [-0.4, -0.2) is 47.4 Å². The van der Waals surface area contributed by atoms with Gasteiger partial charge in [-0.15, -0.1) is 0 Å². The first-order chi connectivity index (χ1) is 11.8. The Balaban J connectivity index is 2.35. The molecule has 0 aliphatic rings. The molecule has 134 valence electrons. The van der Waals surface area contributed by atoms with Crippen molar-refractivity contribution in [3.8, 4) is 0 Å². The largest absolute Gasteiger partial charge is 0.442 e. The number of hydrogen-bond acceptors (Lipinski definition) is 5. The fourth-order valence-electron chi connectivity index (χ4n) is 2.30. The third-order valence-electron chi connectivity index (χ3n) is 3.36. The van der Waals surface area contributed by atoms with Crippen molar-refractivity contribution in [1.82, 2.24) is 15.1 Å². The Morgan fingerprint density at radius 1 is 1.36 bits per heavy atom. The molecule has 0 radical (unpaired) electrons. The molecule has 0 aliphatic heterocycles. The second-order valence-corrected chi connectivity index (χ2v) is 6.44. The number of nitrogens with zero attached hydrogens (tertiary/aromatic N) is 3. The number of ether oxygens (including phenoxy) is 1. The summed E-state index contributed by atoms with van der Waals surface area (Å²) in [6.45, 7) is 5.60. The van der Waals surface area contributed by atoms with Crippen LogP contribution in [0.3, 0.4) is 0 Å². The van der Waals surface area contributed by atoms with Gasteiger partial charge in [0.25, 0.3) is 0 Å². The van der Waals surface area contributed by atoms with Crippen LogP contribution in [-0.2, 0) is 9.53 Å². The summed E-state index contributed by atoms with van der Waals surface area (Å²) in [5, 5.41) is 7.30. The Hall–Kier alpha value is -2.90. The molecule has 0 aliphatic carbocycles. The van der Waals surface area contributed by atoms with Gasteiger partial charge in [0.1, 0.15) is 11.9 Å². The molecular formula is C17H22N4O4. The monoisotopic (exact) mass is 346 g/mol. The lowest BCUT2D eigenvalue weighted by Gasteiger charge is -2.21. The first kappa shape index (κ1) is 18.4. The topological polar surface area (TPSA) is 93.5 Å². The van der Waals surface area contributed by atoms with Gasteiger partial charge in [-0.05, 0) is 39.0 Å². The predicted octanol–water partition coefficient (Wildman–Crippen LogP) is 2.55. The Morgan fingerprint density at radius 3 is 2.68 bits per heavy atom. The van der Waals surface area contributed by atoms with Crippen molar-refractivity contribution < 1.29 is 19.1 Å². The van der Waals surface area contributed by atoms with E-state index in [4.69, 9.17) is 4.74 Å². The van der Waals surface area contributed by atoms with Crippen molar-refractivity contribution >= 4 is 35.0 Å². The lowest BCUT2D eigenvalue weighted by atomic mass is 10.2. The highest BCUT2D eigenvalue weighted by Gasteiger charge is 2.21.